The van der Waals surface area contributed by atoms with Gasteiger partial charge < -0.3 is 14.4 Å². The standard InChI is InChI=1S/C16H27N3O5Si/c1-10-9-19(15(21)18-14(10)20)13-7-11(12(23-13)8-17-22)24-25(5,6)16(2,3)4/h8-9,11-13,22H,7H2,1-6H3,(H,18,20,21)/b17-8-. The maximum Gasteiger partial charge on any atom is 0.330 e. The van der Waals surface area contributed by atoms with Gasteiger partial charge in [-0.1, -0.05) is 25.9 Å². The van der Waals surface area contributed by atoms with Gasteiger partial charge in [0, 0.05) is 18.2 Å². The summed E-state index contributed by atoms with van der Waals surface area (Å²) in [6, 6.07) is 0. The molecular formula is C16H27N3O5Si. The van der Waals surface area contributed by atoms with Crippen LogP contribution in [0.5, 0.6) is 0 Å². The summed E-state index contributed by atoms with van der Waals surface area (Å²) in [7, 11) is -2.07. The first kappa shape index (κ1) is 19.6. The van der Waals surface area contributed by atoms with Crippen molar-refractivity contribution in [1.82, 2.24) is 9.55 Å². The maximum atomic E-state index is 12.1. The summed E-state index contributed by atoms with van der Waals surface area (Å²) < 4.78 is 13.6. The third kappa shape index (κ3) is 4.10. The minimum absolute atomic E-state index is 0.0113. The monoisotopic (exact) mass is 369 g/mol. The summed E-state index contributed by atoms with van der Waals surface area (Å²) in [6.45, 7) is 12.3. The molecule has 1 aromatic rings. The summed E-state index contributed by atoms with van der Waals surface area (Å²) in [6.07, 6.45) is 1.69. The van der Waals surface area contributed by atoms with Crippen molar-refractivity contribution in [3.05, 3.63) is 32.6 Å². The van der Waals surface area contributed by atoms with Crippen molar-refractivity contribution in [2.24, 2.45) is 5.16 Å². The Morgan fingerprint density at radius 2 is 2.08 bits per heavy atom. The summed E-state index contributed by atoms with van der Waals surface area (Å²) >= 11 is 0. The lowest BCUT2D eigenvalue weighted by atomic mass is 10.2. The highest BCUT2D eigenvalue weighted by Crippen LogP contribution is 2.40. The van der Waals surface area contributed by atoms with Crippen LogP contribution in [-0.4, -0.2) is 41.5 Å². The minimum Gasteiger partial charge on any atom is -0.411 e. The van der Waals surface area contributed by atoms with Crippen LogP contribution in [0.1, 0.15) is 39.0 Å². The molecule has 1 fully saturated rings. The van der Waals surface area contributed by atoms with Gasteiger partial charge in [0.1, 0.15) is 12.3 Å². The third-order valence-corrected chi connectivity index (χ3v) is 9.54. The minimum atomic E-state index is -2.07. The smallest absolute Gasteiger partial charge is 0.330 e. The van der Waals surface area contributed by atoms with E-state index in [0.29, 0.717) is 12.0 Å². The van der Waals surface area contributed by atoms with E-state index < -0.39 is 31.9 Å². The predicted molar refractivity (Wildman–Crippen MR) is 96.9 cm³/mol. The lowest BCUT2D eigenvalue weighted by Gasteiger charge is -2.38. The topological polar surface area (TPSA) is 106 Å². The zero-order valence-corrected chi connectivity index (χ0v) is 16.6. The molecule has 0 bridgehead atoms. The molecule has 3 unspecified atom stereocenters. The molecule has 2 rings (SSSR count). The molecule has 2 N–H and O–H groups in total. The quantitative estimate of drug-likeness (QED) is 0.365. The van der Waals surface area contributed by atoms with Crippen LogP contribution in [0.2, 0.25) is 18.1 Å². The Bertz CT molecular complexity index is 762. The van der Waals surface area contributed by atoms with Crippen LogP contribution in [0, 0.1) is 6.92 Å². The van der Waals surface area contributed by atoms with E-state index in [2.05, 4.69) is 44.0 Å². The number of H-pyrrole nitrogens is 1. The molecule has 1 aliphatic rings. The van der Waals surface area contributed by atoms with Crippen LogP contribution < -0.4 is 11.2 Å². The van der Waals surface area contributed by atoms with Crippen molar-refractivity contribution in [2.75, 3.05) is 0 Å². The van der Waals surface area contributed by atoms with Crippen LogP contribution in [0.3, 0.4) is 0 Å². The second kappa shape index (κ2) is 6.89. The number of rotatable bonds is 4. The van der Waals surface area contributed by atoms with E-state index in [0.717, 1.165) is 0 Å². The molecule has 25 heavy (non-hydrogen) atoms. The highest BCUT2D eigenvalue weighted by atomic mass is 28.4. The molecule has 0 aromatic carbocycles. The van der Waals surface area contributed by atoms with Crippen molar-refractivity contribution in [2.45, 2.75) is 70.7 Å². The molecule has 0 spiro atoms. The summed E-state index contributed by atoms with van der Waals surface area (Å²) in [4.78, 5) is 25.9. The molecule has 0 aliphatic carbocycles. The van der Waals surface area contributed by atoms with Crippen molar-refractivity contribution in [1.29, 1.82) is 0 Å². The van der Waals surface area contributed by atoms with E-state index in [9.17, 15) is 9.59 Å². The largest absolute Gasteiger partial charge is 0.411 e. The number of hydrogen-bond acceptors (Lipinski definition) is 6. The second-order valence-corrected chi connectivity index (χ2v) is 12.7. The second-order valence-electron chi connectivity index (χ2n) is 7.95. The fourth-order valence-corrected chi connectivity index (χ4v) is 3.84. The van der Waals surface area contributed by atoms with E-state index in [-0.39, 0.29) is 11.1 Å². The number of aromatic amines is 1. The highest BCUT2D eigenvalue weighted by molar-refractivity contribution is 6.74. The van der Waals surface area contributed by atoms with Gasteiger partial charge in [-0.2, -0.15) is 0 Å². The van der Waals surface area contributed by atoms with Gasteiger partial charge in [0.2, 0.25) is 0 Å². The molecule has 140 valence electrons. The molecule has 9 heteroatoms. The Kier molecular flexibility index (Phi) is 5.40. The van der Waals surface area contributed by atoms with E-state index in [4.69, 9.17) is 14.4 Å². The van der Waals surface area contributed by atoms with Crippen molar-refractivity contribution >= 4 is 14.5 Å². The van der Waals surface area contributed by atoms with E-state index in [1.807, 2.05) is 0 Å². The first-order chi connectivity index (χ1) is 11.5. The molecule has 1 saturated heterocycles. The van der Waals surface area contributed by atoms with Gasteiger partial charge in [-0.25, -0.2) is 4.79 Å². The Morgan fingerprint density at radius 1 is 1.44 bits per heavy atom. The normalized spacial score (nSPS) is 25.0. The fraction of sp³-hybridized carbons (Fsp3) is 0.688. The number of oxime groups is 1. The molecule has 1 aromatic heterocycles. The maximum absolute atomic E-state index is 12.1. The average Bonchev–Trinajstić information content (AvgIpc) is 2.84. The molecule has 0 saturated carbocycles. The van der Waals surface area contributed by atoms with Crippen molar-refractivity contribution < 1.29 is 14.4 Å². The van der Waals surface area contributed by atoms with Crippen LogP contribution in [0.15, 0.2) is 20.9 Å². The molecule has 8 nitrogen and oxygen atoms in total. The van der Waals surface area contributed by atoms with E-state index >= 15 is 0 Å². The number of aryl methyl sites for hydroxylation is 1. The fourth-order valence-electron chi connectivity index (χ4n) is 2.50. The lowest BCUT2D eigenvalue weighted by molar-refractivity contribution is 0.0171. The van der Waals surface area contributed by atoms with E-state index in [1.54, 1.807) is 6.92 Å². The Labute approximate surface area is 147 Å². The lowest BCUT2D eigenvalue weighted by Crippen LogP contribution is -2.46. The molecule has 2 heterocycles. The molecule has 0 radical (unpaired) electrons. The summed E-state index contributed by atoms with van der Waals surface area (Å²) in [5.74, 6) is 0. The zero-order valence-electron chi connectivity index (χ0n) is 15.6. The van der Waals surface area contributed by atoms with Crippen LogP contribution in [0.25, 0.3) is 0 Å². The summed E-state index contributed by atoms with van der Waals surface area (Å²) in [5, 5.41) is 12.0. The van der Waals surface area contributed by atoms with Gasteiger partial charge in [-0.15, -0.1) is 0 Å². The highest BCUT2D eigenvalue weighted by Gasteiger charge is 2.45. The van der Waals surface area contributed by atoms with E-state index in [1.165, 1.54) is 17.0 Å². The van der Waals surface area contributed by atoms with Gasteiger partial charge in [0.25, 0.3) is 5.56 Å². The Balaban J connectivity index is 2.31. The molecule has 3 atom stereocenters. The molecular weight excluding hydrogens is 342 g/mol. The van der Waals surface area contributed by atoms with Gasteiger partial charge in [0.05, 0.1) is 12.3 Å². The number of nitrogens with one attached hydrogen (secondary N) is 1. The molecule has 0 amide bonds. The number of ether oxygens (including phenoxy) is 1. The summed E-state index contributed by atoms with van der Waals surface area (Å²) in [5.41, 5.74) is -0.528. The van der Waals surface area contributed by atoms with Crippen molar-refractivity contribution in [3.63, 3.8) is 0 Å². The van der Waals surface area contributed by atoms with Gasteiger partial charge >= 0.3 is 5.69 Å². The van der Waals surface area contributed by atoms with Gasteiger partial charge in [-0.05, 0) is 25.1 Å². The number of aromatic nitrogens is 2. The first-order valence-electron chi connectivity index (χ1n) is 8.29. The number of nitrogens with zero attached hydrogens (tertiary/aromatic N) is 2. The van der Waals surface area contributed by atoms with Gasteiger partial charge in [-0.3, -0.25) is 14.3 Å². The van der Waals surface area contributed by atoms with Crippen LogP contribution in [-0.2, 0) is 9.16 Å². The average molecular weight is 369 g/mol. The number of hydrogen-bond donors (Lipinski definition) is 2. The SMILES string of the molecule is Cc1cn(C2CC(O[Si](C)(C)C(C)(C)C)C(/C=N\O)O2)c(=O)[nH]c1=O. The molecule has 1 aliphatic heterocycles. The Morgan fingerprint density at radius 3 is 2.64 bits per heavy atom. The zero-order chi connectivity index (χ0) is 19.0. The van der Waals surface area contributed by atoms with Crippen LogP contribution in [0.4, 0.5) is 0 Å². The Hall–Kier alpha value is -1.71. The third-order valence-electron chi connectivity index (χ3n) is 5.04. The predicted octanol–water partition coefficient (Wildman–Crippen LogP) is 1.98. The van der Waals surface area contributed by atoms with Crippen LogP contribution >= 0.6 is 0 Å². The first-order valence-corrected chi connectivity index (χ1v) is 11.2. The van der Waals surface area contributed by atoms with Crippen molar-refractivity contribution in [3.8, 4) is 0 Å². The van der Waals surface area contributed by atoms with Gasteiger partial charge in [0.15, 0.2) is 8.32 Å².